The summed E-state index contributed by atoms with van der Waals surface area (Å²) in [4.78, 5) is 0. The van der Waals surface area contributed by atoms with Gasteiger partial charge in [-0.05, 0) is 19.3 Å². The van der Waals surface area contributed by atoms with Crippen LogP contribution in [0.4, 0.5) is 0 Å². The van der Waals surface area contributed by atoms with E-state index in [2.05, 4.69) is 9.32 Å². The Morgan fingerprint density at radius 2 is 2.18 bits per heavy atom. The highest BCUT2D eigenvalue weighted by Crippen LogP contribution is 2.14. The molecule has 1 rings (SSSR count). The van der Waals surface area contributed by atoms with Crippen molar-refractivity contribution in [2.24, 2.45) is 5.14 Å². The normalized spacial score (nSPS) is 26.8. The first-order valence-corrected chi connectivity index (χ1v) is 4.88. The van der Waals surface area contributed by atoms with Crippen molar-refractivity contribution in [2.45, 2.75) is 25.6 Å². The van der Waals surface area contributed by atoms with Crippen LogP contribution in [0, 0.1) is 0 Å². The molecule has 1 saturated heterocycles. The Balaban J connectivity index is 2.36. The summed E-state index contributed by atoms with van der Waals surface area (Å²) in [5.41, 5.74) is 0. The summed E-state index contributed by atoms with van der Waals surface area (Å²) in [6.07, 6.45) is 1.79. The number of nitrogens with two attached hydrogens (primary N) is 1. The predicted octanol–water partition coefficient (Wildman–Crippen LogP) is -0.267. The second-order valence-corrected chi connectivity index (χ2v) is 3.56. The quantitative estimate of drug-likeness (QED) is 0.636. The van der Waals surface area contributed by atoms with Gasteiger partial charge in [0.2, 0.25) is 0 Å². The highest BCUT2D eigenvalue weighted by Gasteiger charge is 2.18. The van der Waals surface area contributed by atoms with E-state index >= 15 is 0 Å². The second-order valence-electron chi connectivity index (χ2n) is 2.39. The van der Waals surface area contributed by atoms with Crippen LogP contribution in [0.3, 0.4) is 0 Å². The predicted molar refractivity (Wildman–Crippen MR) is 37.8 cm³/mol. The van der Waals surface area contributed by atoms with Gasteiger partial charge >= 0.3 is 10.3 Å². The van der Waals surface area contributed by atoms with Crippen LogP contribution in [0.2, 0.25) is 0 Å². The smallest absolute Gasteiger partial charge is 0.335 e. The molecule has 1 heterocycles. The van der Waals surface area contributed by atoms with Gasteiger partial charge in [-0.1, -0.05) is 0 Å². The van der Waals surface area contributed by atoms with Gasteiger partial charge in [0.05, 0.1) is 0 Å². The molecule has 6 heteroatoms. The molecular formula is C5H11NO4S. The summed E-state index contributed by atoms with van der Waals surface area (Å²) in [7, 11) is -3.85. The zero-order valence-corrected chi connectivity index (χ0v) is 6.84. The minimum atomic E-state index is -3.85. The molecule has 0 aromatic carbocycles. The van der Waals surface area contributed by atoms with Crippen LogP contribution in [-0.2, 0) is 19.2 Å². The van der Waals surface area contributed by atoms with E-state index in [9.17, 15) is 8.42 Å². The minimum absolute atomic E-state index is 0.542. The molecule has 0 bridgehead atoms. The van der Waals surface area contributed by atoms with Gasteiger partial charge in [-0.25, -0.2) is 9.32 Å². The van der Waals surface area contributed by atoms with Gasteiger partial charge in [0.1, 0.15) is 0 Å². The van der Waals surface area contributed by atoms with E-state index in [4.69, 9.17) is 4.74 Å². The van der Waals surface area contributed by atoms with Gasteiger partial charge in [-0.2, -0.15) is 8.42 Å². The fourth-order valence-electron chi connectivity index (χ4n) is 0.937. The highest BCUT2D eigenvalue weighted by atomic mass is 32.2. The number of hydrogen-bond donors (Lipinski definition) is 1. The molecule has 1 unspecified atom stereocenters. The molecule has 1 fully saturated rings. The number of ether oxygens (including phenoxy) is 1. The van der Waals surface area contributed by atoms with Gasteiger partial charge in [0, 0.05) is 6.61 Å². The molecule has 0 aromatic heterocycles. The number of hydrogen-bond acceptors (Lipinski definition) is 4. The summed E-state index contributed by atoms with van der Waals surface area (Å²) in [5.74, 6) is 0. The minimum Gasteiger partial charge on any atom is -0.351 e. The van der Waals surface area contributed by atoms with Crippen molar-refractivity contribution in [3.8, 4) is 0 Å². The second kappa shape index (κ2) is 3.48. The summed E-state index contributed by atoms with van der Waals surface area (Å²) in [6, 6.07) is 0. The summed E-state index contributed by atoms with van der Waals surface area (Å²) in [6.45, 7) is 0.542. The first kappa shape index (κ1) is 8.92. The molecule has 0 amide bonds. The average Bonchev–Trinajstić information content (AvgIpc) is 1.85. The van der Waals surface area contributed by atoms with Crippen LogP contribution in [0.1, 0.15) is 19.3 Å². The molecule has 0 aliphatic carbocycles. The molecule has 0 radical (unpaired) electrons. The maximum absolute atomic E-state index is 10.4. The van der Waals surface area contributed by atoms with E-state index in [1.54, 1.807) is 0 Å². The van der Waals surface area contributed by atoms with Crippen molar-refractivity contribution in [1.82, 2.24) is 0 Å². The van der Waals surface area contributed by atoms with Crippen molar-refractivity contribution < 1.29 is 17.3 Å². The third kappa shape index (κ3) is 3.66. The van der Waals surface area contributed by atoms with E-state index in [0.717, 1.165) is 12.8 Å². The van der Waals surface area contributed by atoms with E-state index < -0.39 is 16.6 Å². The van der Waals surface area contributed by atoms with Crippen molar-refractivity contribution in [2.75, 3.05) is 6.61 Å². The lowest BCUT2D eigenvalue weighted by Crippen LogP contribution is -2.28. The first-order valence-electron chi connectivity index (χ1n) is 3.40. The van der Waals surface area contributed by atoms with Crippen molar-refractivity contribution >= 4 is 10.3 Å². The lowest BCUT2D eigenvalue weighted by Gasteiger charge is -2.20. The molecule has 1 atom stereocenters. The van der Waals surface area contributed by atoms with Crippen LogP contribution in [0.5, 0.6) is 0 Å². The molecule has 1 aliphatic heterocycles. The zero-order valence-electron chi connectivity index (χ0n) is 6.02. The Hall–Kier alpha value is -0.170. The van der Waals surface area contributed by atoms with E-state index in [-0.39, 0.29) is 0 Å². The highest BCUT2D eigenvalue weighted by molar-refractivity contribution is 7.84. The average molecular weight is 181 g/mol. The maximum atomic E-state index is 10.4. The Labute approximate surface area is 65.7 Å². The Morgan fingerprint density at radius 1 is 1.45 bits per heavy atom. The zero-order chi connectivity index (χ0) is 8.32. The molecule has 5 nitrogen and oxygen atoms in total. The van der Waals surface area contributed by atoms with Crippen molar-refractivity contribution in [1.29, 1.82) is 0 Å². The van der Waals surface area contributed by atoms with Gasteiger partial charge < -0.3 is 4.74 Å². The molecule has 1 aliphatic rings. The fraction of sp³-hybridized carbons (Fsp3) is 1.00. The van der Waals surface area contributed by atoms with E-state index in [1.807, 2.05) is 0 Å². The molecule has 0 saturated carbocycles. The molecule has 66 valence electrons. The SMILES string of the molecule is NS(=O)(=O)OC1CCCCO1. The van der Waals surface area contributed by atoms with Crippen LogP contribution in [0.25, 0.3) is 0 Å². The Morgan fingerprint density at radius 3 is 2.64 bits per heavy atom. The van der Waals surface area contributed by atoms with Crippen LogP contribution in [0.15, 0.2) is 0 Å². The first-order chi connectivity index (χ1) is 5.08. The fourth-order valence-corrected chi connectivity index (χ4v) is 1.39. The molecule has 0 aromatic rings. The topological polar surface area (TPSA) is 78.6 Å². The maximum Gasteiger partial charge on any atom is 0.335 e. The monoisotopic (exact) mass is 181 g/mol. The summed E-state index contributed by atoms with van der Waals surface area (Å²) in [5, 5.41) is 4.64. The van der Waals surface area contributed by atoms with Crippen LogP contribution < -0.4 is 5.14 Å². The Kier molecular flexibility index (Phi) is 2.83. The van der Waals surface area contributed by atoms with Gasteiger partial charge in [0.25, 0.3) is 0 Å². The van der Waals surface area contributed by atoms with E-state index in [1.165, 1.54) is 0 Å². The van der Waals surface area contributed by atoms with Crippen molar-refractivity contribution in [3.63, 3.8) is 0 Å². The standard InChI is InChI=1S/C5H11NO4S/c6-11(7,8)10-5-3-1-2-4-9-5/h5H,1-4H2,(H2,6,7,8). The molecule has 2 N–H and O–H groups in total. The third-order valence-corrected chi connectivity index (χ3v) is 1.86. The summed E-state index contributed by atoms with van der Waals surface area (Å²) < 4.78 is 30.1. The van der Waals surface area contributed by atoms with Gasteiger partial charge in [-0.15, -0.1) is 0 Å². The Bertz CT molecular complexity index is 207. The van der Waals surface area contributed by atoms with Gasteiger partial charge in [-0.3, -0.25) is 0 Å². The van der Waals surface area contributed by atoms with Crippen LogP contribution >= 0.6 is 0 Å². The van der Waals surface area contributed by atoms with Crippen LogP contribution in [-0.4, -0.2) is 21.3 Å². The largest absolute Gasteiger partial charge is 0.351 e. The third-order valence-electron chi connectivity index (χ3n) is 1.38. The summed E-state index contributed by atoms with van der Waals surface area (Å²) >= 11 is 0. The molecular weight excluding hydrogens is 170 g/mol. The van der Waals surface area contributed by atoms with Crippen molar-refractivity contribution in [3.05, 3.63) is 0 Å². The van der Waals surface area contributed by atoms with E-state index in [0.29, 0.717) is 13.0 Å². The lowest BCUT2D eigenvalue weighted by molar-refractivity contribution is -0.102. The lowest BCUT2D eigenvalue weighted by atomic mass is 10.2. The van der Waals surface area contributed by atoms with Gasteiger partial charge in [0.15, 0.2) is 6.29 Å². The molecule has 0 spiro atoms. The molecule has 11 heavy (non-hydrogen) atoms. The number of rotatable bonds is 2.